The van der Waals surface area contributed by atoms with Gasteiger partial charge in [-0.1, -0.05) is 12.1 Å². The van der Waals surface area contributed by atoms with Crippen LogP contribution >= 0.6 is 0 Å². The number of ether oxygens (including phenoxy) is 1. The van der Waals surface area contributed by atoms with E-state index in [0.29, 0.717) is 5.56 Å². The second kappa shape index (κ2) is 10.1. The van der Waals surface area contributed by atoms with Gasteiger partial charge in [-0.05, 0) is 36.8 Å². The molecule has 2 aromatic rings. The Kier molecular flexibility index (Phi) is 7.56. The number of nitrogens with two attached hydrogens (primary N) is 1. The van der Waals surface area contributed by atoms with Crippen LogP contribution in [0, 0.1) is 15.9 Å². The minimum absolute atomic E-state index is 0.0845. The zero-order valence-corrected chi connectivity index (χ0v) is 16.0. The summed E-state index contributed by atoms with van der Waals surface area (Å²) in [4.78, 5) is 47.0. The maximum atomic E-state index is 13.1. The van der Waals surface area contributed by atoms with E-state index in [2.05, 4.69) is 5.32 Å². The van der Waals surface area contributed by atoms with Gasteiger partial charge in [0.2, 0.25) is 5.91 Å². The van der Waals surface area contributed by atoms with E-state index >= 15 is 0 Å². The van der Waals surface area contributed by atoms with Gasteiger partial charge in [0.05, 0.1) is 18.0 Å². The van der Waals surface area contributed by atoms with Gasteiger partial charge < -0.3 is 15.8 Å². The number of halogens is 1. The summed E-state index contributed by atoms with van der Waals surface area (Å²) in [5.74, 6) is -3.73. The third-order valence-electron chi connectivity index (χ3n) is 4.33. The lowest BCUT2D eigenvalue weighted by Crippen LogP contribution is -2.48. The van der Waals surface area contributed by atoms with Gasteiger partial charge in [-0.2, -0.15) is 0 Å². The number of esters is 1. The molecule has 0 spiro atoms. The molecule has 0 aromatic heterocycles. The molecule has 2 rings (SSSR count). The topological polar surface area (TPSA) is 142 Å². The number of nitro benzene ring substituents is 1. The number of non-ortho nitro benzene ring substituents is 1. The number of nitrogens with zero attached hydrogens (tertiary/aromatic N) is 1. The van der Waals surface area contributed by atoms with E-state index in [1.54, 1.807) is 6.92 Å². The van der Waals surface area contributed by atoms with Crippen LogP contribution in [-0.2, 0) is 14.3 Å². The Morgan fingerprint density at radius 1 is 1.13 bits per heavy atom. The number of hydrogen-bond donors (Lipinski definition) is 2. The molecule has 158 valence electrons. The average molecular weight is 417 g/mol. The highest BCUT2D eigenvalue weighted by Crippen LogP contribution is 2.27. The number of nitro groups is 1. The molecule has 0 radical (unpaired) electrons. The maximum absolute atomic E-state index is 13.1. The van der Waals surface area contributed by atoms with Crippen LogP contribution in [0.5, 0.6) is 0 Å². The van der Waals surface area contributed by atoms with Crippen LogP contribution in [0.1, 0.15) is 35.2 Å². The highest BCUT2D eigenvalue weighted by atomic mass is 19.1. The Hall–Kier alpha value is -3.82. The van der Waals surface area contributed by atoms with Crippen molar-refractivity contribution in [2.75, 3.05) is 6.61 Å². The number of carbonyl (C=O) groups excluding carboxylic acids is 3. The number of benzene rings is 2. The molecule has 2 amide bonds. The van der Waals surface area contributed by atoms with Crippen molar-refractivity contribution in [3.05, 3.63) is 75.6 Å². The first-order valence-electron chi connectivity index (χ1n) is 8.98. The molecule has 9 nitrogen and oxygen atoms in total. The molecule has 30 heavy (non-hydrogen) atoms. The molecule has 0 aliphatic rings. The number of carbonyl (C=O) groups is 3. The monoisotopic (exact) mass is 417 g/mol. The van der Waals surface area contributed by atoms with Gasteiger partial charge in [-0.25, -0.2) is 4.39 Å². The van der Waals surface area contributed by atoms with Crippen molar-refractivity contribution in [1.82, 2.24) is 5.32 Å². The van der Waals surface area contributed by atoms with Crippen LogP contribution in [0.15, 0.2) is 48.5 Å². The number of amides is 2. The van der Waals surface area contributed by atoms with E-state index < -0.39 is 40.5 Å². The summed E-state index contributed by atoms with van der Waals surface area (Å²) >= 11 is 0. The van der Waals surface area contributed by atoms with Crippen LogP contribution in [0.4, 0.5) is 10.1 Å². The van der Waals surface area contributed by atoms with E-state index in [-0.39, 0.29) is 24.3 Å². The molecule has 0 fully saturated rings. The zero-order valence-electron chi connectivity index (χ0n) is 16.0. The molecule has 0 unspecified atom stereocenters. The molecule has 0 bridgehead atoms. The van der Waals surface area contributed by atoms with Crippen LogP contribution in [0.2, 0.25) is 0 Å². The van der Waals surface area contributed by atoms with Crippen molar-refractivity contribution >= 4 is 23.5 Å². The minimum atomic E-state index is -1.33. The molecule has 0 saturated carbocycles. The fraction of sp³-hybridized carbons (Fsp3) is 0.250. The van der Waals surface area contributed by atoms with Crippen LogP contribution in [-0.4, -0.2) is 35.4 Å². The highest BCUT2D eigenvalue weighted by molar-refractivity contribution is 5.97. The van der Waals surface area contributed by atoms with Crippen molar-refractivity contribution in [2.24, 2.45) is 5.73 Å². The third kappa shape index (κ3) is 5.84. The number of hydrogen-bond acceptors (Lipinski definition) is 6. The Labute approximate surface area is 171 Å². The number of primary amides is 1. The van der Waals surface area contributed by atoms with Crippen molar-refractivity contribution in [3.8, 4) is 0 Å². The number of rotatable bonds is 9. The molecular weight excluding hydrogens is 397 g/mol. The summed E-state index contributed by atoms with van der Waals surface area (Å²) in [6.45, 7) is 1.72. The quantitative estimate of drug-likeness (QED) is 0.363. The highest BCUT2D eigenvalue weighted by Gasteiger charge is 2.32. The summed E-state index contributed by atoms with van der Waals surface area (Å²) in [6, 6.07) is 8.49. The Balaban J connectivity index is 2.36. The fourth-order valence-electron chi connectivity index (χ4n) is 2.87. The smallest absolute Gasteiger partial charge is 0.306 e. The summed E-state index contributed by atoms with van der Waals surface area (Å²) in [5, 5.41) is 13.3. The second-order valence-electron chi connectivity index (χ2n) is 6.32. The van der Waals surface area contributed by atoms with Gasteiger partial charge in [-0.15, -0.1) is 0 Å². The Morgan fingerprint density at radius 3 is 2.23 bits per heavy atom. The summed E-state index contributed by atoms with van der Waals surface area (Å²) in [6.07, 6.45) is -0.303. The zero-order chi connectivity index (χ0) is 22.3. The first-order chi connectivity index (χ1) is 14.2. The van der Waals surface area contributed by atoms with E-state index in [1.807, 2.05) is 0 Å². The predicted molar refractivity (Wildman–Crippen MR) is 104 cm³/mol. The molecule has 3 N–H and O–H groups in total. The molecule has 10 heteroatoms. The minimum Gasteiger partial charge on any atom is -0.466 e. The van der Waals surface area contributed by atoms with E-state index in [4.69, 9.17) is 10.5 Å². The van der Waals surface area contributed by atoms with Crippen LogP contribution < -0.4 is 11.1 Å². The van der Waals surface area contributed by atoms with Gasteiger partial charge in [-0.3, -0.25) is 24.5 Å². The van der Waals surface area contributed by atoms with E-state index in [0.717, 1.165) is 12.1 Å². The van der Waals surface area contributed by atoms with Gasteiger partial charge in [0, 0.05) is 23.6 Å². The van der Waals surface area contributed by atoms with Crippen molar-refractivity contribution < 1.29 is 28.4 Å². The number of nitrogens with one attached hydrogen (secondary N) is 1. The van der Waals surface area contributed by atoms with Gasteiger partial charge in [0.1, 0.15) is 11.9 Å². The van der Waals surface area contributed by atoms with Crippen LogP contribution in [0.3, 0.4) is 0 Å². The third-order valence-corrected chi connectivity index (χ3v) is 4.33. The Morgan fingerprint density at radius 2 is 1.73 bits per heavy atom. The Bertz CT molecular complexity index is 931. The fourth-order valence-corrected chi connectivity index (χ4v) is 2.87. The molecule has 0 saturated heterocycles. The lowest BCUT2D eigenvalue weighted by Gasteiger charge is -2.25. The van der Waals surface area contributed by atoms with Crippen molar-refractivity contribution in [3.63, 3.8) is 0 Å². The average Bonchev–Trinajstić information content (AvgIpc) is 2.71. The molecule has 0 aliphatic carbocycles. The first-order valence-corrected chi connectivity index (χ1v) is 8.98. The normalized spacial score (nSPS) is 12.5. The predicted octanol–water partition coefficient (Wildman–Crippen LogP) is 2.05. The van der Waals surface area contributed by atoms with Gasteiger partial charge >= 0.3 is 5.97 Å². The lowest BCUT2D eigenvalue weighted by molar-refractivity contribution is -0.384. The molecule has 0 heterocycles. The first kappa shape index (κ1) is 22.5. The molecule has 2 aromatic carbocycles. The van der Waals surface area contributed by atoms with Crippen LogP contribution in [0.25, 0.3) is 0 Å². The summed E-state index contributed by atoms with van der Waals surface area (Å²) < 4.78 is 18.0. The van der Waals surface area contributed by atoms with Gasteiger partial charge in [0.15, 0.2) is 0 Å². The molecule has 0 aliphatic heterocycles. The standard InChI is InChI=1S/C20H20FN3O6/c1-2-30-17(25)11-16(12-5-9-15(10-6-12)24(28)29)18(19(22)26)23-20(27)13-3-7-14(21)8-4-13/h3-10,16,18H,2,11H2,1H3,(H2,22,26)(H,23,27)/t16-,18+/m1/s1. The second-order valence-corrected chi connectivity index (χ2v) is 6.32. The van der Waals surface area contributed by atoms with Crippen molar-refractivity contribution in [1.29, 1.82) is 0 Å². The van der Waals surface area contributed by atoms with Gasteiger partial charge in [0.25, 0.3) is 11.6 Å². The summed E-state index contributed by atoms with van der Waals surface area (Å²) in [5.41, 5.74) is 5.75. The van der Waals surface area contributed by atoms with E-state index in [1.165, 1.54) is 36.4 Å². The summed E-state index contributed by atoms with van der Waals surface area (Å²) in [7, 11) is 0. The SMILES string of the molecule is CCOC(=O)C[C@H](c1ccc([N+](=O)[O-])cc1)[C@H](NC(=O)c1ccc(F)cc1)C(N)=O. The maximum Gasteiger partial charge on any atom is 0.306 e. The van der Waals surface area contributed by atoms with Crippen molar-refractivity contribution in [2.45, 2.75) is 25.3 Å². The molecule has 2 atom stereocenters. The lowest BCUT2D eigenvalue weighted by atomic mass is 9.87. The molecular formula is C20H20FN3O6. The van der Waals surface area contributed by atoms with E-state index in [9.17, 15) is 28.9 Å². The largest absolute Gasteiger partial charge is 0.466 e.